The summed E-state index contributed by atoms with van der Waals surface area (Å²) in [4.78, 5) is 12.8. The normalized spacial score (nSPS) is 13.2. The predicted molar refractivity (Wildman–Crippen MR) is 117 cm³/mol. The lowest BCUT2D eigenvalue weighted by molar-refractivity contribution is 0.102. The van der Waals surface area contributed by atoms with Gasteiger partial charge in [0.1, 0.15) is 0 Å². The van der Waals surface area contributed by atoms with Crippen molar-refractivity contribution < 1.29 is 17.6 Å². The first-order valence-electron chi connectivity index (χ1n) is 9.42. The van der Waals surface area contributed by atoms with Crippen molar-refractivity contribution >= 4 is 38.1 Å². The number of para-hydroxylation sites is 1. The van der Waals surface area contributed by atoms with Crippen LogP contribution in [-0.4, -0.2) is 31.1 Å². The number of hydrogen-bond donors (Lipinski definition) is 1. The molecule has 3 heterocycles. The molecule has 2 aromatic carbocycles. The quantitative estimate of drug-likeness (QED) is 0.494. The molecule has 0 spiro atoms. The number of nitrogens with one attached hydrogen (secondary N) is 1. The molecule has 8 nitrogen and oxygen atoms in total. The summed E-state index contributed by atoms with van der Waals surface area (Å²) in [6.45, 7) is 0.373. The number of furan rings is 1. The monoisotopic (exact) mass is 452 g/mol. The third kappa shape index (κ3) is 3.60. The Balaban J connectivity index is 1.38. The van der Waals surface area contributed by atoms with Gasteiger partial charge in [0.05, 0.1) is 16.8 Å². The van der Waals surface area contributed by atoms with Gasteiger partial charge in [-0.15, -0.1) is 10.2 Å². The van der Waals surface area contributed by atoms with Gasteiger partial charge in [0.25, 0.3) is 15.9 Å². The zero-order chi connectivity index (χ0) is 21.4. The van der Waals surface area contributed by atoms with Crippen molar-refractivity contribution in [3.8, 4) is 10.8 Å². The van der Waals surface area contributed by atoms with E-state index in [1.165, 1.54) is 22.7 Å². The van der Waals surface area contributed by atoms with Gasteiger partial charge >= 0.3 is 0 Å². The van der Waals surface area contributed by atoms with Crippen molar-refractivity contribution in [2.24, 2.45) is 0 Å². The fraction of sp³-hybridized carbons (Fsp3) is 0.0952. The number of nitrogens with zero attached hydrogens (tertiary/aromatic N) is 3. The molecule has 1 aliphatic heterocycles. The molecule has 2 aromatic heterocycles. The van der Waals surface area contributed by atoms with Crippen LogP contribution in [0.15, 0.2) is 76.2 Å². The van der Waals surface area contributed by atoms with E-state index in [9.17, 15) is 13.2 Å². The fourth-order valence-electron chi connectivity index (χ4n) is 3.43. The Hall–Kier alpha value is -3.50. The van der Waals surface area contributed by atoms with Gasteiger partial charge in [-0.1, -0.05) is 35.6 Å². The molecule has 0 radical (unpaired) electrons. The topological polar surface area (TPSA) is 105 Å². The minimum atomic E-state index is -3.79. The highest BCUT2D eigenvalue weighted by atomic mass is 32.2. The van der Waals surface area contributed by atoms with Gasteiger partial charge in [-0.2, -0.15) is 0 Å². The molecule has 0 atom stereocenters. The van der Waals surface area contributed by atoms with E-state index < -0.39 is 15.9 Å². The molecule has 1 amide bonds. The van der Waals surface area contributed by atoms with Gasteiger partial charge in [-0.3, -0.25) is 14.4 Å². The number of sulfonamides is 1. The standard InChI is InChI=1S/C21H16N4O4S2/c26-19(22-21-24-23-20(30-21)18-9-4-12-29-18)15-6-3-7-16(13-15)31(27,28)25-11-10-14-5-1-2-8-17(14)25/h1-9,12-13H,10-11H2,(H,22,24,26). The van der Waals surface area contributed by atoms with E-state index in [4.69, 9.17) is 4.42 Å². The Bertz CT molecular complexity index is 1360. The van der Waals surface area contributed by atoms with Gasteiger partial charge in [0.2, 0.25) is 5.13 Å². The number of hydrogen-bond acceptors (Lipinski definition) is 7. The molecule has 31 heavy (non-hydrogen) atoms. The summed E-state index contributed by atoms with van der Waals surface area (Å²) in [6, 6.07) is 16.9. The number of carbonyl (C=O) groups is 1. The lowest BCUT2D eigenvalue weighted by atomic mass is 10.2. The van der Waals surface area contributed by atoms with Crippen molar-refractivity contribution in [3.63, 3.8) is 0 Å². The first kappa shape index (κ1) is 19.5. The average Bonchev–Trinajstić information content (AvgIpc) is 3.54. The number of amides is 1. The second kappa shape index (κ2) is 7.64. The fourth-order valence-corrected chi connectivity index (χ4v) is 5.68. The molecule has 5 rings (SSSR count). The average molecular weight is 453 g/mol. The van der Waals surface area contributed by atoms with Crippen molar-refractivity contribution in [1.82, 2.24) is 10.2 Å². The van der Waals surface area contributed by atoms with Gasteiger partial charge in [-0.25, -0.2) is 8.42 Å². The molecule has 4 aromatic rings. The number of fused-ring (bicyclic) bond motifs is 1. The smallest absolute Gasteiger partial charge is 0.264 e. The van der Waals surface area contributed by atoms with Crippen LogP contribution >= 0.6 is 11.3 Å². The molecular weight excluding hydrogens is 436 g/mol. The minimum Gasteiger partial charge on any atom is -0.462 e. The van der Waals surface area contributed by atoms with Crippen LogP contribution in [0.4, 0.5) is 10.8 Å². The Kier molecular flexibility index (Phi) is 4.79. The first-order valence-corrected chi connectivity index (χ1v) is 11.7. The molecule has 1 aliphatic rings. The largest absolute Gasteiger partial charge is 0.462 e. The molecule has 0 saturated heterocycles. The molecule has 0 fully saturated rings. The Morgan fingerprint density at radius 2 is 1.94 bits per heavy atom. The van der Waals surface area contributed by atoms with E-state index in [0.29, 0.717) is 29.4 Å². The second-order valence-electron chi connectivity index (χ2n) is 6.83. The minimum absolute atomic E-state index is 0.0605. The van der Waals surface area contributed by atoms with Crippen LogP contribution in [0.5, 0.6) is 0 Å². The summed E-state index contributed by atoms with van der Waals surface area (Å²) in [5.41, 5.74) is 1.88. The number of rotatable bonds is 5. The van der Waals surface area contributed by atoms with Gasteiger partial charge in [0.15, 0.2) is 10.8 Å². The lowest BCUT2D eigenvalue weighted by Gasteiger charge is -2.19. The summed E-state index contributed by atoms with van der Waals surface area (Å²) < 4.78 is 33.1. The van der Waals surface area contributed by atoms with Crippen molar-refractivity contribution in [1.29, 1.82) is 0 Å². The number of anilines is 2. The van der Waals surface area contributed by atoms with Gasteiger partial charge < -0.3 is 4.42 Å². The zero-order valence-corrected chi connectivity index (χ0v) is 17.7. The molecule has 156 valence electrons. The molecular formula is C21H16N4O4S2. The number of benzene rings is 2. The maximum Gasteiger partial charge on any atom is 0.264 e. The van der Waals surface area contributed by atoms with E-state index in [1.54, 1.807) is 30.3 Å². The molecule has 1 N–H and O–H groups in total. The molecule has 0 unspecified atom stereocenters. The van der Waals surface area contributed by atoms with Crippen molar-refractivity contribution in [2.45, 2.75) is 11.3 Å². The molecule has 0 bridgehead atoms. The van der Waals surface area contributed by atoms with Crippen LogP contribution in [0.25, 0.3) is 10.8 Å². The summed E-state index contributed by atoms with van der Waals surface area (Å²) in [7, 11) is -3.79. The number of aromatic nitrogens is 2. The third-order valence-corrected chi connectivity index (χ3v) is 7.57. The second-order valence-corrected chi connectivity index (χ2v) is 9.67. The highest BCUT2D eigenvalue weighted by Gasteiger charge is 2.31. The zero-order valence-electron chi connectivity index (χ0n) is 16.1. The van der Waals surface area contributed by atoms with E-state index in [-0.39, 0.29) is 15.6 Å². The Morgan fingerprint density at radius 1 is 1.06 bits per heavy atom. The van der Waals surface area contributed by atoms with Crippen molar-refractivity contribution in [2.75, 3.05) is 16.2 Å². The first-order chi connectivity index (χ1) is 15.0. The lowest BCUT2D eigenvalue weighted by Crippen LogP contribution is -2.29. The highest BCUT2D eigenvalue weighted by molar-refractivity contribution is 7.92. The van der Waals surface area contributed by atoms with Crippen LogP contribution in [0, 0.1) is 0 Å². The summed E-state index contributed by atoms with van der Waals surface area (Å²) in [5, 5.41) is 11.4. The molecule has 0 aliphatic carbocycles. The van der Waals surface area contributed by atoms with Crippen LogP contribution in [0.2, 0.25) is 0 Å². The Morgan fingerprint density at radius 3 is 2.77 bits per heavy atom. The van der Waals surface area contributed by atoms with E-state index in [0.717, 1.165) is 16.9 Å². The van der Waals surface area contributed by atoms with E-state index in [1.807, 2.05) is 18.2 Å². The summed E-state index contributed by atoms with van der Waals surface area (Å²) in [5.74, 6) is 0.0815. The van der Waals surface area contributed by atoms with Crippen LogP contribution < -0.4 is 9.62 Å². The van der Waals surface area contributed by atoms with Crippen LogP contribution in [0.3, 0.4) is 0 Å². The number of carbonyl (C=O) groups excluding carboxylic acids is 1. The predicted octanol–water partition coefficient (Wildman–Crippen LogP) is 3.80. The maximum absolute atomic E-state index is 13.2. The van der Waals surface area contributed by atoms with Crippen molar-refractivity contribution in [3.05, 3.63) is 78.1 Å². The molecule has 0 saturated carbocycles. The van der Waals surface area contributed by atoms with Crippen LogP contribution in [0.1, 0.15) is 15.9 Å². The van der Waals surface area contributed by atoms with Gasteiger partial charge in [0, 0.05) is 12.1 Å². The van der Waals surface area contributed by atoms with Gasteiger partial charge in [-0.05, 0) is 48.4 Å². The third-order valence-electron chi connectivity index (χ3n) is 4.91. The maximum atomic E-state index is 13.2. The molecule has 10 heteroatoms. The highest BCUT2D eigenvalue weighted by Crippen LogP contribution is 2.33. The van der Waals surface area contributed by atoms with E-state index in [2.05, 4.69) is 15.5 Å². The SMILES string of the molecule is O=C(Nc1nnc(-c2ccco2)s1)c1cccc(S(=O)(=O)N2CCc3ccccc32)c1. The Labute approximate surface area is 182 Å². The van der Waals surface area contributed by atoms with Crippen LogP contribution in [-0.2, 0) is 16.4 Å². The summed E-state index contributed by atoms with van der Waals surface area (Å²) in [6.07, 6.45) is 2.18. The summed E-state index contributed by atoms with van der Waals surface area (Å²) >= 11 is 1.16. The van der Waals surface area contributed by atoms with E-state index >= 15 is 0 Å².